The van der Waals surface area contributed by atoms with E-state index in [1.54, 1.807) is 25.1 Å². The van der Waals surface area contributed by atoms with Gasteiger partial charge >= 0.3 is 6.18 Å². The third-order valence-corrected chi connectivity index (χ3v) is 7.64. The number of nitrogens with zero attached hydrogens (tertiary/aromatic N) is 3. The Morgan fingerprint density at radius 2 is 1.83 bits per heavy atom. The summed E-state index contributed by atoms with van der Waals surface area (Å²) in [5, 5.41) is 2.79. The van der Waals surface area contributed by atoms with Crippen molar-refractivity contribution < 1.29 is 31.1 Å². The average molecular weight is 590 g/mol. The number of pyridine rings is 1. The minimum Gasteiger partial charge on any atom is -0.480 e. The molecular weight excluding hydrogens is 563 g/mol. The number of nitrogens with one attached hydrogen (secondary N) is 2. The molecule has 1 amide bonds. The zero-order valence-electron chi connectivity index (χ0n) is 22.4. The summed E-state index contributed by atoms with van der Waals surface area (Å²) in [4.78, 5) is 33.0. The van der Waals surface area contributed by atoms with Crippen LogP contribution in [-0.2, 0) is 27.5 Å². The van der Waals surface area contributed by atoms with Crippen molar-refractivity contribution in [1.82, 2.24) is 19.9 Å². The zero-order valence-corrected chi connectivity index (χ0v) is 23.2. The fourth-order valence-electron chi connectivity index (χ4n) is 4.21. The van der Waals surface area contributed by atoms with Crippen LogP contribution in [0.5, 0.6) is 5.88 Å². The number of hydrogen-bond acceptors (Lipinski definition) is 7. The van der Waals surface area contributed by atoms with Crippen molar-refractivity contribution in [2.45, 2.75) is 31.5 Å². The maximum absolute atomic E-state index is 13.3. The Morgan fingerprint density at radius 1 is 1.10 bits per heavy atom. The monoisotopic (exact) mass is 589 g/mol. The third kappa shape index (κ3) is 6.32. The number of methoxy groups -OCH3 is 1. The fourth-order valence-corrected chi connectivity index (χ4v) is 5.39. The van der Waals surface area contributed by atoms with Crippen LogP contribution >= 0.6 is 0 Å². The average Bonchev–Trinajstić information content (AvgIpc) is 2.92. The number of halogens is 3. The maximum Gasteiger partial charge on any atom is 0.416 e. The van der Waals surface area contributed by atoms with Gasteiger partial charge in [0.2, 0.25) is 11.8 Å². The van der Waals surface area contributed by atoms with Crippen LogP contribution in [0.4, 0.5) is 18.9 Å². The van der Waals surface area contributed by atoms with Crippen LogP contribution in [0.3, 0.4) is 0 Å². The second-order valence-corrected chi connectivity index (χ2v) is 11.1. The van der Waals surface area contributed by atoms with Crippen LogP contribution in [0, 0.1) is 12.8 Å². The normalized spacial score (nSPS) is 12.7. The highest BCUT2D eigenvalue weighted by Gasteiger charge is 2.32. The van der Waals surface area contributed by atoms with Gasteiger partial charge in [0.25, 0.3) is 15.6 Å². The number of aryl methyl sites for hydroxylation is 1. The number of amides is 1. The number of fused-ring (bicyclic) bond motifs is 1. The molecular formula is C27H26F3N5O5S. The molecule has 0 spiro atoms. The molecule has 2 aromatic heterocycles. The standard InChI is InChI=1S/C27H26F3N5O5S/c1-15-7-19(27(28,29)30)11-20(8-15)41(38,39)34-23-10-18(12-32-25(23)40-4)17-5-6-22-21(9-17)26(37)35(14-33-22)13-16(2)24(36)31-3/h5-12,14,16,34H,13H2,1-4H3,(H,31,36)/t16-/m1/s1. The lowest BCUT2D eigenvalue weighted by Crippen LogP contribution is -2.32. The highest BCUT2D eigenvalue weighted by molar-refractivity contribution is 7.92. The number of carbonyl (C=O) groups excluding carboxylic acids is 1. The van der Waals surface area contributed by atoms with Crippen molar-refractivity contribution in [2.24, 2.45) is 5.92 Å². The predicted octanol–water partition coefficient (Wildman–Crippen LogP) is 3.98. The van der Waals surface area contributed by atoms with Gasteiger partial charge in [-0.2, -0.15) is 13.2 Å². The molecule has 0 saturated heterocycles. The largest absolute Gasteiger partial charge is 0.480 e. The molecule has 0 aliphatic rings. The molecule has 0 bridgehead atoms. The van der Waals surface area contributed by atoms with Gasteiger partial charge in [-0.05, 0) is 54.4 Å². The van der Waals surface area contributed by atoms with Crippen LogP contribution in [0.25, 0.3) is 22.0 Å². The molecule has 4 rings (SSSR count). The number of anilines is 1. The Bertz CT molecular complexity index is 1810. The van der Waals surface area contributed by atoms with E-state index in [1.165, 1.54) is 44.2 Å². The third-order valence-electron chi connectivity index (χ3n) is 6.30. The fraction of sp³-hybridized carbons (Fsp3) is 0.259. The van der Waals surface area contributed by atoms with Crippen molar-refractivity contribution in [2.75, 3.05) is 18.9 Å². The van der Waals surface area contributed by atoms with Crippen molar-refractivity contribution in [3.8, 4) is 17.0 Å². The molecule has 0 saturated carbocycles. The number of ether oxygens (including phenoxy) is 1. The van der Waals surface area contributed by atoms with Crippen LogP contribution in [-0.4, -0.2) is 43.0 Å². The van der Waals surface area contributed by atoms with Crippen LogP contribution in [0.2, 0.25) is 0 Å². The van der Waals surface area contributed by atoms with E-state index < -0.39 is 32.6 Å². The second-order valence-electron chi connectivity index (χ2n) is 9.37. The summed E-state index contributed by atoms with van der Waals surface area (Å²) in [5.74, 6) is -0.832. The Morgan fingerprint density at radius 3 is 2.49 bits per heavy atom. The van der Waals surface area contributed by atoms with E-state index >= 15 is 0 Å². The molecule has 4 aromatic rings. The topological polar surface area (TPSA) is 132 Å². The van der Waals surface area contributed by atoms with Crippen molar-refractivity contribution in [3.05, 3.63) is 76.5 Å². The minimum absolute atomic E-state index is 0.108. The number of aromatic nitrogens is 3. The Labute approximate surface area is 233 Å². The minimum atomic E-state index is -4.74. The number of alkyl halides is 3. The quantitative estimate of drug-likeness (QED) is 0.318. The summed E-state index contributed by atoms with van der Waals surface area (Å²) in [6.45, 7) is 3.15. The van der Waals surface area contributed by atoms with E-state index in [9.17, 15) is 31.2 Å². The maximum atomic E-state index is 13.3. The summed E-state index contributed by atoms with van der Waals surface area (Å²) in [6.07, 6.45) is -1.98. The summed E-state index contributed by atoms with van der Waals surface area (Å²) < 4.78 is 74.9. The summed E-state index contributed by atoms with van der Waals surface area (Å²) in [5.41, 5.74) is -0.211. The molecule has 14 heteroatoms. The van der Waals surface area contributed by atoms with Crippen LogP contribution in [0.1, 0.15) is 18.1 Å². The molecule has 0 aliphatic carbocycles. The molecule has 216 valence electrons. The first-order chi connectivity index (χ1) is 19.2. The number of sulfonamides is 1. The van der Waals surface area contributed by atoms with Crippen molar-refractivity contribution in [1.29, 1.82) is 0 Å². The smallest absolute Gasteiger partial charge is 0.416 e. The molecule has 2 N–H and O–H groups in total. The van der Waals surface area contributed by atoms with Crippen LogP contribution < -0.4 is 20.3 Å². The van der Waals surface area contributed by atoms with E-state index in [2.05, 4.69) is 20.0 Å². The van der Waals surface area contributed by atoms with Crippen molar-refractivity contribution in [3.63, 3.8) is 0 Å². The molecule has 41 heavy (non-hydrogen) atoms. The first kappa shape index (κ1) is 29.5. The molecule has 0 aliphatic heterocycles. The number of hydrogen-bond donors (Lipinski definition) is 2. The van der Waals surface area contributed by atoms with Gasteiger partial charge in [0.05, 0.1) is 40.7 Å². The lowest BCUT2D eigenvalue weighted by Gasteiger charge is -2.15. The van der Waals surface area contributed by atoms with E-state index in [4.69, 9.17) is 4.74 Å². The van der Waals surface area contributed by atoms with Gasteiger partial charge in [0, 0.05) is 25.4 Å². The summed E-state index contributed by atoms with van der Waals surface area (Å²) in [7, 11) is -1.72. The second kappa shape index (κ2) is 11.2. The highest BCUT2D eigenvalue weighted by atomic mass is 32.2. The predicted molar refractivity (Wildman–Crippen MR) is 146 cm³/mol. The number of carbonyl (C=O) groups is 1. The van der Waals surface area contributed by atoms with E-state index in [0.717, 1.165) is 12.1 Å². The molecule has 2 heterocycles. The molecule has 0 radical (unpaired) electrons. The lowest BCUT2D eigenvalue weighted by atomic mass is 10.0. The molecule has 0 fully saturated rings. The Hall–Kier alpha value is -4.46. The van der Waals surface area contributed by atoms with E-state index in [1.807, 2.05) is 0 Å². The molecule has 2 aromatic carbocycles. The van der Waals surface area contributed by atoms with Gasteiger partial charge < -0.3 is 10.1 Å². The first-order valence-electron chi connectivity index (χ1n) is 12.2. The molecule has 10 nitrogen and oxygen atoms in total. The molecule has 1 atom stereocenters. The highest BCUT2D eigenvalue weighted by Crippen LogP contribution is 2.34. The number of rotatable bonds is 8. The van der Waals surface area contributed by atoms with Gasteiger partial charge in [-0.25, -0.2) is 18.4 Å². The van der Waals surface area contributed by atoms with Gasteiger partial charge in [-0.3, -0.25) is 18.9 Å². The first-order valence-corrected chi connectivity index (χ1v) is 13.7. The number of benzene rings is 2. The SMILES string of the molecule is CNC(=O)[C@H](C)Cn1cnc2ccc(-c3cnc(OC)c(NS(=O)(=O)c4cc(C)cc(C(F)(F)F)c4)c3)cc2c1=O. The van der Waals surface area contributed by atoms with Crippen LogP contribution in [0.15, 0.2) is 64.7 Å². The van der Waals surface area contributed by atoms with E-state index in [0.29, 0.717) is 22.7 Å². The van der Waals surface area contributed by atoms with Gasteiger partial charge in [-0.1, -0.05) is 13.0 Å². The van der Waals surface area contributed by atoms with E-state index in [-0.39, 0.29) is 40.5 Å². The van der Waals surface area contributed by atoms with Gasteiger partial charge in [0.1, 0.15) is 5.69 Å². The Kier molecular flexibility index (Phi) is 8.06. The van der Waals surface area contributed by atoms with Gasteiger partial charge in [-0.15, -0.1) is 0 Å². The zero-order chi connectivity index (χ0) is 30.1. The summed E-state index contributed by atoms with van der Waals surface area (Å²) in [6, 6.07) is 8.74. The Balaban J connectivity index is 1.74. The molecule has 0 unspecified atom stereocenters. The van der Waals surface area contributed by atoms with Gasteiger partial charge in [0.15, 0.2) is 0 Å². The van der Waals surface area contributed by atoms with Crippen molar-refractivity contribution >= 4 is 32.5 Å². The summed E-state index contributed by atoms with van der Waals surface area (Å²) >= 11 is 0. The lowest BCUT2D eigenvalue weighted by molar-refractivity contribution is -0.137.